The van der Waals surface area contributed by atoms with Crippen LogP contribution in [0.2, 0.25) is 5.15 Å². The molecule has 0 amide bonds. The summed E-state index contributed by atoms with van der Waals surface area (Å²) in [5.74, 6) is 0. The molecule has 3 heterocycles. The van der Waals surface area contributed by atoms with Crippen LogP contribution in [0.4, 0.5) is 0 Å². The van der Waals surface area contributed by atoms with Crippen molar-refractivity contribution >= 4 is 34.8 Å². The van der Waals surface area contributed by atoms with E-state index in [0.717, 1.165) is 15.3 Å². The molecule has 0 saturated carbocycles. The van der Waals surface area contributed by atoms with E-state index in [1.54, 1.807) is 12.4 Å². The molecule has 0 unspecified atom stereocenters. The van der Waals surface area contributed by atoms with Gasteiger partial charge in [-0.25, -0.2) is 4.98 Å². The molecule has 7 heteroatoms. The number of hydrogen-bond acceptors (Lipinski definition) is 5. The van der Waals surface area contributed by atoms with Crippen molar-refractivity contribution in [2.75, 3.05) is 0 Å². The van der Waals surface area contributed by atoms with Gasteiger partial charge in [0.05, 0.1) is 16.0 Å². The largest absolute Gasteiger partial charge is 0.508 e. The van der Waals surface area contributed by atoms with Gasteiger partial charge in [0, 0.05) is 18.0 Å². The molecule has 4 nitrogen and oxygen atoms in total. The van der Waals surface area contributed by atoms with Crippen LogP contribution in [0.5, 0.6) is 0 Å². The molecule has 0 aromatic carbocycles. The van der Waals surface area contributed by atoms with Crippen molar-refractivity contribution in [3.05, 3.63) is 29.7 Å². The van der Waals surface area contributed by atoms with Gasteiger partial charge < -0.3 is 9.31 Å². The van der Waals surface area contributed by atoms with Gasteiger partial charge in [-0.3, -0.25) is 4.98 Å². The average Bonchev–Trinajstić information content (AvgIpc) is 2.89. The Balaban J connectivity index is 1.93. The predicted octanol–water partition coefficient (Wildman–Crippen LogP) is 3.16. The van der Waals surface area contributed by atoms with Crippen molar-refractivity contribution in [3.8, 4) is 10.6 Å². The van der Waals surface area contributed by atoms with Crippen LogP contribution in [0.15, 0.2) is 24.5 Å². The van der Waals surface area contributed by atoms with Crippen LogP contribution < -0.4 is 4.78 Å². The number of rotatable bonds is 2. The number of pyridine rings is 1. The van der Waals surface area contributed by atoms with Crippen LogP contribution in [-0.2, 0) is 9.31 Å². The van der Waals surface area contributed by atoms with E-state index in [-0.39, 0.29) is 11.2 Å². The minimum Gasteiger partial charge on any atom is -0.399 e. The van der Waals surface area contributed by atoms with Crippen LogP contribution in [0.25, 0.3) is 10.6 Å². The van der Waals surface area contributed by atoms with Gasteiger partial charge in [0.1, 0.15) is 10.2 Å². The Bertz CT molecular complexity index is 644. The van der Waals surface area contributed by atoms with E-state index >= 15 is 0 Å². The van der Waals surface area contributed by atoms with E-state index in [0.29, 0.717) is 5.15 Å². The van der Waals surface area contributed by atoms with Gasteiger partial charge in [0.15, 0.2) is 0 Å². The number of hydrogen-bond donors (Lipinski definition) is 0. The summed E-state index contributed by atoms with van der Waals surface area (Å²) in [4.78, 5) is 8.51. The van der Waals surface area contributed by atoms with E-state index in [1.807, 2.05) is 39.8 Å². The van der Waals surface area contributed by atoms with Crippen molar-refractivity contribution < 1.29 is 9.31 Å². The fourth-order valence-corrected chi connectivity index (χ4v) is 3.27. The first-order valence-electron chi connectivity index (χ1n) is 6.72. The maximum absolute atomic E-state index is 6.28. The van der Waals surface area contributed by atoms with E-state index < -0.39 is 7.12 Å². The first-order valence-corrected chi connectivity index (χ1v) is 7.92. The Labute approximate surface area is 133 Å². The highest BCUT2D eigenvalue weighted by molar-refractivity contribution is 7.25. The number of halogens is 1. The molecular formula is C14H16BClN2O2S. The molecule has 110 valence electrons. The van der Waals surface area contributed by atoms with Crippen molar-refractivity contribution in [2.24, 2.45) is 0 Å². The second-order valence-corrected chi connectivity index (χ2v) is 7.39. The molecule has 1 fully saturated rings. The van der Waals surface area contributed by atoms with E-state index in [2.05, 4.69) is 9.97 Å². The van der Waals surface area contributed by atoms with Crippen LogP contribution in [0, 0.1) is 0 Å². The van der Waals surface area contributed by atoms with Gasteiger partial charge in [-0.1, -0.05) is 11.6 Å². The third kappa shape index (κ3) is 2.61. The van der Waals surface area contributed by atoms with Crippen LogP contribution in [0.3, 0.4) is 0 Å². The van der Waals surface area contributed by atoms with Crippen LogP contribution >= 0.6 is 22.9 Å². The van der Waals surface area contributed by atoms with Gasteiger partial charge in [-0.2, -0.15) is 0 Å². The summed E-state index contributed by atoms with van der Waals surface area (Å²) >= 11 is 7.76. The lowest BCUT2D eigenvalue weighted by Crippen LogP contribution is -2.41. The second kappa shape index (κ2) is 5.05. The molecule has 0 aliphatic carbocycles. The third-order valence-corrected chi connectivity index (χ3v) is 5.51. The molecule has 1 aliphatic heterocycles. The van der Waals surface area contributed by atoms with Crippen molar-refractivity contribution in [2.45, 2.75) is 38.9 Å². The third-order valence-electron chi connectivity index (χ3n) is 3.99. The average molecular weight is 323 g/mol. The zero-order valence-electron chi connectivity index (χ0n) is 12.4. The molecule has 3 rings (SSSR count). The Morgan fingerprint density at radius 1 is 1.19 bits per heavy atom. The number of aromatic nitrogens is 2. The normalized spacial score (nSPS) is 20.0. The fourth-order valence-electron chi connectivity index (χ4n) is 2.02. The first kappa shape index (κ1) is 15.0. The second-order valence-electron chi connectivity index (χ2n) is 6.00. The smallest absolute Gasteiger partial charge is 0.399 e. The highest BCUT2D eigenvalue weighted by Crippen LogP contribution is 2.38. The van der Waals surface area contributed by atoms with Crippen molar-refractivity contribution in [1.29, 1.82) is 0 Å². The number of nitrogens with zero attached hydrogens (tertiary/aromatic N) is 2. The van der Waals surface area contributed by atoms with Gasteiger partial charge in [-0.15, -0.1) is 11.3 Å². The van der Waals surface area contributed by atoms with E-state index in [4.69, 9.17) is 20.9 Å². The molecule has 2 aromatic heterocycles. The van der Waals surface area contributed by atoms with Gasteiger partial charge in [0.25, 0.3) is 0 Å². The van der Waals surface area contributed by atoms with Gasteiger partial charge in [0.2, 0.25) is 0 Å². The first-order chi connectivity index (χ1) is 9.80. The summed E-state index contributed by atoms with van der Waals surface area (Å²) in [7, 11) is -0.481. The number of thiazole rings is 1. The fraction of sp³-hybridized carbons (Fsp3) is 0.429. The molecule has 0 radical (unpaired) electrons. The Morgan fingerprint density at radius 2 is 1.86 bits per heavy atom. The standard InChI is InChI=1S/C14H16BClN2O2S/c1-13(2)14(3,4)20-15(19-13)10-11(16)18-12(21-10)9-6-5-7-17-8-9/h5-8H,1-4H3. The van der Waals surface area contributed by atoms with Crippen LogP contribution in [0.1, 0.15) is 27.7 Å². The van der Waals surface area contributed by atoms with E-state index in [9.17, 15) is 0 Å². The van der Waals surface area contributed by atoms with Crippen molar-refractivity contribution in [1.82, 2.24) is 9.97 Å². The Hall–Kier alpha value is -0.945. The molecule has 1 saturated heterocycles. The highest BCUT2D eigenvalue weighted by atomic mass is 35.5. The predicted molar refractivity (Wildman–Crippen MR) is 86.1 cm³/mol. The molecule has 0 bridgehead atoms. The topological polar surface area (TPSA) is 44.2 Å². The monoisotopic (exact) mass is 322 g/mol. The Kier molecular flexibility index (Phi) is 3.60. The lowest BCUT2D eigenvalue weighted by molar-refractivity contribution is 0.00578. The summed E-state index contributed by atoms with van der Waals surface area (Å²) in [5, 5.41) is 1.25. The molecule has 0 N–H and O–H groups in total. The minimum absolute atomic E-state index is 0.389. The summed E-state index contributed by atoms with van der Waals surface area (Å²) in [5.41, 5.74) is 0.158. The molecule has 21 heavy (non-hydrogen) atoms. The minimum atomic E-state index is -0.481. The molecule has 0 atom stereocenters. The lowest BCUT2D eigenvalue weighted by atomic mass is 9.89. The lowest BCUT2D eigenvalue weighted by Gasteiger charge is -2.32. The van der Waals surface area contributed by atoms with Crippen LogP contribution in [-0.4, -0.2) is 28.3 Å². The maximum atomic E-state index is 6.28. The Morgan fingerprint density at radius 3 is 2.43 bits per heavy atom. The zero-order valence-corrected chi connectivity index (χ0v) is 14.0. The molecular weight excluding hydrogens is 306 g/mol. The molecule has 0 spiro atoms. The molecule has 1 aliphatic rings. The van der Waals surface area contributed by atoms with Gasteiger partial charge in [-0.05, 0) is 39.8 Å². The SMILES string of the molecule is CC1(C)OB(c2sc(-c3cccnc3)nc2Cl)OC1(C)C. The summed E-state index contributed by atoms with van der Waals surface area (Å²) in [6.07, 6.45) is 3.50. The van der Waals surface area contributed by atoms with E-state index in [1.165, 1.54) is 11.3 Å². The summed E-state index contributed by atoms with van der Waals surface area (Å²) in [6, 6.07) is 3.83. The summed E-state index contributed by atoms with van der Waals surface area (Å²) < 4.78 is 12.9. The summed E-state index contributed by atoms with van der Waals surface area (Å²) in [6.45, 7) is 8.07. The highest BCUT2D eigenvalue weighted by Gasteiger charge is 2.53. The van der Waals surface area contributed by atoms with Crippen molar-refractivity contribution in [3.63, 3.8) is 0 Å². The maximum Gasteiger partial charge on any atom is 0.508 e. The quantitative estimate of drug-likeness (QED) is 0.797. The molecule has 2 aromatic rings. The van der Waals surface area contributed by atoms with Gasteiger partial charge >= 0.3 is 7.12 Å². The zero-order chi connectivity index (χ0) is 15.3.